The lowest BCUT2D eigenvalue weighted by Gasteiger charge is -2.06. The minimum absolute atomic E-state index is 0.0430. The van der Waals surface area contributed by atoms with Gasteiger partial charge in [-0.3, -0.25) is 4.79 Å². The fourth-order valence-corrected chi connectivity index (χ4v) is 1.69. The Balaban J connectivity index is 2.37. The Hall–Kier alpha value is -0.940. The van der Waals surface area contributed by atoms with E-state index >= 15 is 0 Å². The minimum atomic E-state index is -0.178. The first-order valence-electron chi connectivity index (χ1n) is 4.35. The molecule has 1 aliphatic heterocycles. The number of carbonyl (C=O) groups excluding carboxylic acids is 1. The third kappa shape index (κ3) is 1.78. The van der Waals surface area contributed by atoms with E-state index in [9.17, 15) is 4.79 Å². The van der Waals surface area contributed by atoms with Gasteiger partial charge in [0, 0.05) is 22.8 Å². The van der Waals surface area contributed by atoms with Gasteiger partial charge in [-0.25, -0.2) is 4.98 Å². The lowest BCUT2D eigenvalue weighted by atomic mass is 10.2. The Morgan fingerprint density at radius 1 is 1.64 bits per heavy atom. The van der Waals surface area contributed by atoms with E-state index in [4.69, 9.17) is 0 Å². The molecule has 0 saturated carbocycles. The summed E-state index contributed by atoms with van der Waals surface area (Å²) in [4.78, 5) is 15.6. The van der Waals surface area contributed by atoms with Crippen LogP contribution in [0.3, 0.4) is 0 Å². The quantitative estimate of drug-likeness (QED) is 0.735. The molecule has 2 N–H and O–H groups in total. The van der Waals surface area contributed by atoms with Gasteiger partial charge in [0.05, 0.1) is 6.04 Å². The molecule has 1 unspecified atom stereocenters. The van der Waals surface area contributed by atoms with Crippen molar-refractivity contribution in [3.63, 3.8) is 0 Å². The maximum atomic E-state index is 11.4. The molecule has 4 nitrogen and oxygen atoms in total. The maximum absolute atomic E-state index is 11.4. The highest BCUT2D eigenvalue weighted by Gasteiger charge is 2.19. The molecule has 74 valence electrons. The lowest BCUT2D eigenvalue weighted by Crippen LogP contribution is -2.34. The number of aromatic nitrogens is 1. The van der Waals surface area contributed by atoms with E-state index in [1.165, 1.54) is 0 Å². The highest BCUT2D eigenvalue weighted by Crippen LogP contribution is 2.19. The largest absolute Gasteiger partial charge is 0.309 e. The van der Waals surface area contributed by atoms with Gasteiger partial charge >= 0.3 is 0 Å². The standard InChI is InChI=1S/C9H10BrN3O/c1-5-9(14)13-8-6(3-11-5)2-7(10)4-12-8/h2,4-5,11H,3H2,1H3,(H,12,13,14). The second-order valence-electron chi connectivity index (χ2n) is 3.25. The number of pyridine rings is 1. The molecule has 2 rings (SSSR count). The van der Waals surface area contributed by atoms with Crippen LogP contribution in [0.15, 0.2) is 16.7 Å². The number of carbonyl (C=O) groups is 1. The summed E-state index contributed by atoms with van der Waals surface area (Å²) in [6.07, 6.45) is 1.68. The molecule has 1 aliphatic rings. The Labute approximate surface area is 90.2 Å². The maximum Gasteiger partial charge on any atom is 0.242 e. The fraction of sp³-hybridized carbons (Fsp3) is 0.333. The van der Waals surface area contributed by atoms with E-state index in [1.807, 2.05) is 13.0 Å². The van der Waals surface area contributed by atoms with Crippen molar-refractivity contribution in [2.75, 3.05) is 5.32 Å². The average Bonchev–Trinajstić information content (AvgIpc) is 2.29. The zero-order valence-corrected chi connectivity index (χ0v) is 9.26. The van der Waals surface area contributed by atoms with Gasteiger partial charge in [-0.1, -0.05) is 0 Å². The summed E-state index contributed by atoms with van der Waals surface area (Å²) >= 11 is 3.34. The fourth-order valence-electron chi connectivity index (χ4n) is 1.31. The van der Waals surface area contributed by atoms with Crippen molar-refractivity contribution < 1.29 is 4.79 Å². The topological polar surface area (TPSA) is 54.0 Å². The van der Waals surface area contributed by atoms with E-state index in [0.717, 1.165) is 10.0 Å². The number of rotatable bonds is 0. The molecular formula is C9H10BrN3O. The number of nitrogens with one attached hydrogen (secondary N) is 2. The molecule has 1 atom stereocenters. The summed E-state index contributed by atoms with van der Waals surface area (Å²) in [6.45, 7) is 2.48. The van der Waals surface area contributed by atoms with Crippen LogP contribution < -0.4 is 10.6 Å². The van der Waals surface area contributed by atoms with Crippen molar-refractivity contribution in [3.05, 3.63) is 22.3 Å². The van der Waals surface area contributed by atoms with Crippen molar-refractivity contribution >= 4 is 27.7 Å². The molecule has 0 aromatic carbocycles. The van der Waals surface area contributed by atoms with Crippen molar-refractivity contribution in [1.82, 2.24) is 10.3 Å². The van der Waals surface area contributed by atoms with Crippen LogP contribution in [0.2, 0.25) is 0 Å². The molecule has 0 radical (unpaired) electrons. The SMILES string of the molecule is CC1NCc2cc(Br)cnc2NC1=O. The van der Waals surface area contributed by atoms with Crippen LogP contribution in [0.4, 0.5) is 5.82 Å². The molecule has 5 heteroatoms. The van der Waals surface area contributed by atoms with Gasteiger partial charge in [0.25, 0.3) is 0 Å². The second kappa shape index (κ2) is 3.67. The molecule has 1 amide bonds. The van der Waals surface area contributed by atoms with Crippen LogP contribution in [0, 0.1) is 0 Å². The van der Waals surface area contributed by atoms with E-state index in [-0.39, 0.29) is 11.9 Å². The zero-order valence-electron chi connectivity index (χ0n) is 7.67. The first kappa shape index (κ1) is 9.61. The molecule has 1 aromatic rings. The first-order chi connectivity index (χ1) is 6.66. The van der Waals surface area contributed by atoms with E-state index in [1.54, 1.807) is 6.20 Å². The average molecular weight is 256 g/mol. The molecule has 14 heavy (non-hydrogen) atoms. The predicted molar refractivity (Wildman–Crippen MR) is 56.9 cm³/mol. The summed E-state index contributed by atoms with van der Waals surface area (Å²) in [5.41, 5.74) is 0.997. The smallest absolute Gasteiger partial charge is 0.242 e. The second-order valence-corrected chi connectivity index (χ2v) is 4.17. The van der Waals surface area contributed by atoms with Gasteiger partial charge in [0.2, 0.25) is 5.91 Å². The van der Waals surface area contributed by atoms with Crippen molar-refractivity contribution in [3.8, 4) is 0 Å². The number of hydrogen-bond donors (Lipinski definition) is 2. The van der Waals surface area contributed by atoms with Gasteiger partial charge in [-0.05, 0) is 28.9 Å². The van der Waals surface area contributed by atoms with Gasteiger partial charge in [-0.2, -0.15) is 0 Å². The van der Waals surface area contributed by atoms with Crippen LogP contribution in [-0.2, 0) is 11.3 Å². The van der Waals surface area contributed by atoms with Crippen molar-refractivity contribution in [2.45, 2.75) is 19.5 Å². The van der Waals surface area contributed by atoms with Crippen LogP contribution in [0.5, 0.6) is 0 Å². The van der Waals surface area contributed by atoms with E-state index in [0.29, 0.717) is 12.4 Å². The molecule has 0 fully saturated rings. The third-order valence-corrected chi connectivity index (χ3v) is 2.60. The molecule has 0 bridgehead atoms. The number of fused-ring (bicyclic) bond motifs is 1. The monoisotopic (exact) mass is 255 g/mol. The predicted octanol–water partition coefficient (Wildman–Crippen LogP) is 1.27. The minimum Gasteiger partial charge on any atom is -0.309 e. The molecule has 0 aliphatic carbocycles. The lowest BCUT2D eigenvalue weighted by molar-refractivity contribution is -0.117. The molecular weight excluding hydrogens is 246 g/mol. The summed E-state index contributed by atoms with van der Waals surface area (Å²) in [7, 11) is 0. The first-order valence-corrected chi connectivity index (χ1v) is 5.15. The zero-order chi connectivity index (χ0) is 10.1. The van der Waals surface area contributed by atoms with E-state index < -0.39 is 0 Å². The Kier molecular flexibility index (Phi) is 2.52. The highest BCUT2D eigenvalue weighted by molar-refractivity contribution is 9.10. The van der Waals surface area contributed by atoms with Gasteiger partial charge < -0.3 is 10.6 Å². The summed E-state index contributed by atoms with van der Waals surface area (Å²) < 4.78 is 0.918. The molecule has 0 spiro atoms. The molecule has 1 aromatic heterocycles. The number of anilines is 1. The third-order valence-electron chi connectivity index (χ3n) is 2.17. The Morgan fingerprint density at radius 3 is 3.21 bits per heavy atom. The van der Waals surface area contributed by atoms with Gasteiger partial charge in [-0.15, -0.1) is 0 Å². The number of hydrogen-bond acceptors (Lipinski definition) is 3. The Bertz CT molecular complexity index is 380. The number of nitrogens with zero attached hydrogens (tertiary/aromatic N) is 1. The van der Waals surface area contributed by atoms with E-state index in [2.05, 4.69) is 31.5 Å². The number of halogens is 1. The summed E-state index contributed by atoms with van der Waals surface area (Å²) in [5, 5.41) is 5.87. The van der Waals surface area contributed by atoms with Crippen molar-refractivity contribution in [1.29, 1.82) is 0 Å². The van der Waals surface area contributed by atoms with Crippen molar-refractivity contribution in [2.24, 2.45) is 0 Å². The highest BCUT2D eigenvalue weighted by atomic mass is 79.9. The molecule has 2 heterocycles. The summed E-state index contributed by atoms with van der Waals surface area (Å²) in [6, 6.07) is 1.77. The van der Waals surface area contributed by atoms with Gasteiger partial charge in [0.1, 0.15) is 5.82 Å². The normalized spacial score (nSPS) is 21.0. The van der Waals surface area contributed by atoms with Crippen LogP contribution in [-0.4, -0.2) is 16.9 Å². The summed E-state index contributed by atoms with van der Waals surface area (Å²) in [5.74, 6) is 0.605. The van der Waals surface area contributed by atoms with Crippen LogP contribution in [0.1, 0.15) is 12.5 Å². The number of amides is 1. The van der Waals surface area contributed by atoms with Crippen LogP contribution >= 0.6 is 15.9 Å². The van der Waals surface area contributed by atoms with Gasteiger partial charge in [0.15, 0.2) is 0 Å². The van der Waals surface area contributed by atoms with Crippen LogP contribution in [0.25, 0.3) is 0 Å². The Morgan fingerprint density at radius 2 is 2.43 bits per heavy atom. The molecule has 0 saturated heterocycles.